The van der Waals surface area contributed by atoms with Crippen molar-refractivity contribution in [2.75, 3.05) is 7.11 Å². The lowest BCUT2D eigenvalue weighted by Gasteiger charge is -2.54. The molecular weight excluding hydrogens is 469 g/mol. The number of carbonyl (C=O) groups is 1. The Labute approximate surface area is 196 Å². The number of aromatic amines is 1. The number of hydrogen-bond acceptors (Lipinski definition) is 2. The van der Waals surface area contributed by atoms with Crippen LogP contribution in [0.4, 0.5) is 4.39 Å². The number of nitrogens with one attached hydrogen (secondary N) is 1. The predicted octanol–water partition coefficient (Wildman–Crippen LogP) is 7.58. The Morgan fingerprint density at radius 2 is 1.97 bits per heavy atom. The van der Waals surface area contributed by atoms with Gasteiger partial charge in [0.25, 0.3) is 0 Å². The Morgan fingerprint density at radius 3 is 2.66 bits per heavy atom. The Hall–Kier alpha value is -2.14. The fraction of sp³-hybridized carbons (Fsp3) is 0.444. The van der Waals surface area contributed by atoms with Crippen LogP contribution in [-0.4, -0.2) is 18.1 Å². The molecule has 0 amide bonds. The third kappa shape index (κ3) is 2.79. The van der Waals surface area contributed by atoms with Crippen molar-refractivity contribution in [2.24, 2.45) is 5.41 Å². The lowest BCUT2D eigenvalue weighted by molar-refractivity contribution is -0.157. The summed E-state index contributed by atoms with van der Waals surface area (Å²) in [5.74, 6) is -0.212. The van der Waals surface area contributed by atoms with Gasteiger partial charge in [0.15, 0.2) is 0 Å². The predicted molar refractivity (Wildman–Crippen MR) is 130 cm³/mol. The van der Waals surface area contributed by atoms with Crippen LogP contribution >= 0.6 is 15.9 Å². The molecule has 1 fully saturated rings. The van der Waals surface area contributed by atoms with E-state index < -0.39 is 5.41 Å². The van der Waals surface area contributed by atoms with Crippen molar-refractivity contribution in [3.05, 3.63) is 57.3 Å². The fourth-order valence-corrected chi connectivity index (χ4v) is 7.41. The molecule has 0 spiro atoms. The highest BCUT2D eigenvalue weighted by atomic mass is 79.9. The van der Waals surface area contributed by atoms with Crippen molar-refractivity contribution >= 4 is 32.8 Å². The second-order valence-electron chi connectivity index (χ2n) is 10.3. The van der Waals surface area contributed by atoms with Gasteiger partial charge >= 0.3 is 5.97 Å². The SMILES string of the molecule is COC(=O)C1(C)CCCC2(C)c3cc(Br)c(C(C)C)cc3-c3[nH]c4ccc(F)cc4c3C12. The number of esters is 1. The number of ether oxygens (including phenoxy) is 1. The van der Waals surface area contributed by atoms with Crippen LogP contribution < -0.4 is 0 Å². The Bertz CT molecular complexity index is 1260. The summed E-state index contributed by atoms with van der Waals surface area (Å²) in [6.07, 6.45) is 2.65. The van der Waals surface area contributed by atoms with Crippen LogP contribution in [0.2, 0.25) is 0 Å². The molecule has 5 rings (SSSR count). The molecule has 0 saturated heterocycles. The number of H-pyrrole nitrogens is 1. The minimum atomic E-state index is -0.696. The molecular formula is C27H29BrFNO2. The third-order valence-electron chi connectivity index (χ3n) is 8.05. The standard InChI is InChI=1S/C27H29BrFNO2/c1-14(2)16-12-17-19(13-20(16)28)26(3)9-6-10-27(4,25(31)32-5)24(26)22-18-11-15(29)7-8-21(18)30-23(17)22/h7-8,11-14,24,30H,6,9-10H2,1-5H3. The van der Waals surface area contributed by atoms with Crippen molar-refractivity contribution in [3.63, 3.8) is 0 Å². The molecule has 32 heavy (non-hydrogen) atoms. The number of aromatic nitrogens is 1. The van der Waals surface area contributed by atoms with Gasteiger partial charge in [-0.05, 0) is 72.7 Å². The average Bonchev–Trinajstić information content (AvgIpc) is 3.10. The number of methoxy groups -OCH3 is 1. The lowest BCUT2D eigenvalue weighted by atomic mass is 9.49. The zero-order chi connectivity index (χ0) is 23.0. The smallest absolute Gasteiger partial charge is 0.312 e. The van der Waals surface area contributed by atoms with E-state index in [-0.39, 0.29) is 23.1 Å². The summed E-state index contributed by atoms with van der Waals surface area (Å²) in [5, 5.41) is 0.868. The summed E-state index contributed by atoms with van der Waals surface area (Å²) in [6.45, 7) is 8.69. The molecule has 0 bridgehead atoms. The monoisotopic (exact) mass is 497 g/mol. The number of rotatable bonds is 2. The molecule has 3 unspecified atom stereocenters. The van der Waals surface area contributed by atoms with Gasteiger partial charge in [-0.25, -0.2) is 4.39 Å². The van der Waals surface area contributed by atoms with E-state index in [9.17, 15) is 9.18 Å². The van der Waals surface area contributed by atoms with Crippen molar-refractivity contribution in [1.29, 1.82) is 0 Å². The maximum atomic E-state index is 14.4. The number of halogens is 2. The van der Waals surface area contributed by atoms with E-state index in [1.165, 1.54) is 24.3 Å². The fourth-order valence-electron chi connectivity index (χ4n) is 6.60. The molecule has 2 aliphatic carbocycles. The number of fused-ring (bicyclic) bond motifs is 8. The molecule has 2 aliphatic rings. The molecule has 1 heterocycles. The van der Waals surface area contributed by atoms with E-state index in [0.717, 1.165) is 51.5 Å². The molecule has 3 atom stereocenters. The normalized spacial score (nSPS) is 26.6. The van der Waals surface area contributed by atoms with Gasteiger partial charge in [0.05, 0.1) is 18.2 Å². The number of carbonyl (C=O) groups excluding carboxylic acids is 1. The first kappa shape index (κ1) is 21.7. The minimum Gasteiger partial charge on any atom is -0.469 e. The highest BCUT2D eigenvalue weighted by molar-refractivity contribution is 9.10. The first-order valence-corrected chi connectivity index (χ1v) is 12.1. The van der Waals surface area contributed by atoms with Crippen LogP contribution in [0.5, 0.6) is 0 Å². The van der Waals surface area contributed by atoms with E-state index in [0.29, 0.717) is 5.92 Å². The maximum Gasteiger partial charge on any atom is 0.312 e. The second-order valence-corrected chi connectivity index (χ2v) is 11.1. The maximum absolute atomic E-state index is 14.4. The zero-order valence-corrected chi connectivity index (χ0v) is 20.8. The molecule has 168 valence electrons. The van der Waals surface area contributed by atoms with Crippen LogP contribution in [0.15, 0.2) is 34.8 Å². The summed E-state index contributed by atoms with van der Waals surface area (Å²) in [6, 6.07) is 9.45. The highest BCUT2D eigenvalue weighted by Crippen LogP contribution is 2.64. The molecule has 3 nitrogen and oxygen atoms in total. The van der Waals surface area contributed by atoms with Gasteiger partial charge in [0.2, 0.25) is 0 Å². The Morgan fingerprint density at radius 1 is 1.22 bits per heavy atom. The van der Waals surface area contributed by atoms with Gasteiger partial charge in [0.1, 0.15) is 5.82 Å². The van der Waals surface area contributed by atoms with Crippen molar-refractivity contribution in [3.8, 4) is 11.3 Å². The zero-order valence-electron chi connectivity index (χ0n) is 19.2. The summed E-state index contributed by atoms with van der Waals surface area (Å²) >= 11 is 3.82. The van der Waals surface area contributed by atoms with Crippen LogP contribution in [0.1, 0.15) is 75.5 Å². The molecule has 5 heteroatoms. The van der Waals surface area contributed by atoms with Crippen LogP contribution in [-0.2, 0) is 14.9 Å². The molecule has 1 aromatic heterocycles. The summed E-state index contributed by atoms with van der Waals surface area (Å²) in [5.41, 5.74) is 5.65. The van der Waals surface area contributed by atoms with Gasteiger partial charge in [-0.2, -0.15) is 0 Å². The largest absolute Gasteiger partial charge is 0.469 e. The number of hydrogen-bond donors (Lipinski definition) is 1. The van der Waals surface area contributed by atoms with Crippen molar-refractivity contribution in [2.45, 2.75) is 64.2 Å². The Kier molecular flexibility index (Phi) is 4.87. The molecule has 1 saturated carbocycles. The molecule has 3 aromatic rings. The van der Waals surface area contributed by atoms with Gasteiger partial charge in [-0.3, -0.25) is 4.79 Å². The van der Waals surface area contributed by atoms with Gasteiger partial charge in [-0.1, -0.05) is 43.1 Å². The average molecular weight is 498 g/mol. The van der Waals surface area contributed by atoms with E-state index in [2.05, 4.69) is 53.8 Å². The van der Waals surface area contributed by atoms with E-state index >= 15 is 0 Å². The van der Waals surface area contributed by atoms with Crippen LogP contribution in [0.3, 0.4) is 0 Å². The first-order valence-electron chi connectivity index (χ1n) is 11.4. The third-order valence-corrected chi connectivity index (χ3v) is 8.74. The highest BCUT2D eigenvalue weighted by Gasteiger charge is 2.58. The topological polar surface area (TPSA) is 42.1 Å². The van der Waals surface area contributed by atoms with Gasteiger partial charge in [-0.15, -0.1) is 0 Å². The van der Waals surface area contributed by atoms with Crippen molar-refractivity contribution < 1.29 is 13.9 Å². The summed E-state index contributed by atoms with van der Waals surface area (Å²) < 4.78 is 20.9. The molecule has 0 aliphatic heterocycles. The van der Waals surface area contributed by atoms with Gasteiger partial charge in [0, 0.05) is 32.3 Å². The molecule has 0 radical (unpaired) electrons. The number of benzene rings is 2. The van der Waals surface area contributed by atoms with E-state index in [4.69, 9.17) is 4.74 Å². The van der Waals surface area contributed by atoms with Crippen molar-refractivity contribution in [1.82, 2.24) is 4.98 Å². The van der Waals surface area contributed by atoms with Gasteiger partial charge < -0.3 is 9.72 Å². The second kappa shape index (κ2) is 7.18. The summed E-state index contributed by atoms with van der Waals surface area (Å²) in [7, 11) is 1.47. The van der Waals surface area contributed by atoms with E-state index in [1.54, 1.807) is 12.1 Å². The molecule has 2 aromatic carbocycles. The minimum absolute atomic E-state index is 0.119. The summed E-state index contributed by atoms with van der Waals surface area (Å²) in [4.78, 5) is 16.8. The van der Waals surface area contributed by atoms with E-state index in [1.807, 2.05) is 6.92 Å². The van der Waals surface area contributed by atoms with Crippen LogP contribution in [0, 0.1) is 11.2 Å². The van der Waals surface area contributed by atoms with Crippen LogP contribution in [0.25, 0.3) is 22.2 Å². The Balaban J connectivity index is 1.92. The quantitative estimate of drug-likeness (QED) is 0.370. The lowest BCUT2D eigenvalue weighted by Crippen LogP contribution is -2.50. The molecule has 1 N–H and O–H groups in total. The first-order chi connectivity index (χ1) is 15.1.